The van der Waals surface area contributed by atoms with Crippen molar-refractivity contribution in [2.75, 3.05) is 6.54 Å². The molecule has 1 N–H and O–H groups in total. The molecule has 0 fully saturated rings. The number of fused-ring (bicyclic) bond motifs is 1. The van der Waals surface area contributed by atoms with Crippen molar-refractivity contribution in [3.63, 3.8) is 0 Å². The Labute approximate surface area is 150 Å². The standard InChI is InChI=1S/C19H17ClN4O/c20-15-5-3-14(4-6-15)19-22-16-7-9-24(12-17(16)23-19)18(25)10-13-2-1-8-21-11-13/h1-6,8,11H,7,9-10,12H2,(H,22,23). The lowest BCUT2D eigenvalue weighted by molar-refractivity contribution is -0.131. The van der Waals surface area contributed by atoms with Crippen LogP contribution in [0.2, 0.25) is 5.02 Å². The number of amides is 1. The van der Waals surface area contributed by atoms with Crippen LogP contribution in [-0.4, -0.2) is 32.3 Å². The van der Waals surface area contributed by atoms with Gasteiger partial charge in [0.05, 0.1) is 24.4 Å². The highest BCUT2D eigenvalue weighted by molar-refractivity contribution is 6.30. The number of rotatable bonds is 3. The molecule has 4 rings (SSSR count). The fourth-order valence-electron chi connectivity index (χ4n) is 3.04. The number of halogens is 1. The van der Waals surface area contributed by atoms with Gasteiger partial charge >= 0.3 is 0 Å². The third-order valence-electron chi connectivity index (χ3n) is 4.38. The molecule has 126 valence electrons. The van der Waals surface area contributed by atoms with Gasteiger partial charge in [0.2, 0.25) is 5.91 Å². The number of hydrogen-bond acceptors (Lipinski definition) is 3. The smallest absolute Gasteiger partial charge is 0.227 e. The summed E-state index contributed by atoms with van der Waals surface area (Å²) in [6.45, 7) is 1.26. The van der Waals surface area contributed by atoms with Gasteiger partial charge in [0.15, 0.2) is 0 Å². The van der Waals surface area contributed by atoms with Crippen molar-refractivity contribution in [2.45, 2.75) is 19.4 Å². The van der Waals surface area contributed by atoms with Crippen molar-refractivity contribution in [1.29, 1.82) is 0 Å². The number of nitrogens with one attached hydrogen (secondary N) is 1. The van der Waals surface area contributed by atoms with E-state index in [2.05, 4.69) is 15.0 Å². The summed E-state index contributed by atoms with van der Waals surface area (Å²) >= 11 is 5.94. The molecule has 0 radical (unpaired) electrons. The molecule has 5 nitrogen and oxygen atoms in total. The number of aromatic amines is 1. The third kappa shape index (κ3) is 3.42. The molecule has 1 amide bonds. The molecule has 3 heterocycles. The topological polar surface area (TPSA) is 61.9 Å². The van der Waals surface area contributed by atoms with E-state index in [4.69, 9.17) is 11.6 Å². The number of benzene rings is 1. The van der Waals surface area contributed by atoms with Crippen LogP contribution in [0, 0.1) is 0 Å². The normalized spacial score (nSPS) is 13.6. The summed E-state index contributed by atoms with van der Waals surface area (Å²) in [4.78, 5) is 26.5. The number of pyridine rings is 1. The maximum Gasteiger partial charge on any atom is 0.227 e. The van der Waals surface area contributed by atoms with Crippen molar-refractivity contribution in [1.82, 2.24) is 19.9 Å². The molecule has 0 unspecified atom stereocenters. The summed E-state index contributed by atoms with van der Waals surface area (Å²) in [5.41, 5.74) is 3.97. The maximum atomic E-state index is 12.5. The minimum absolute atomic E-state index is 0.112. The van der Waals surface area contributed by atoms with Crippen LogP contribution >= 0.6 is 11.6 Å². The summed E-state index contributed by atoms with van der Waals surface area (Å²) in [7, 11) is 0. The number of carbonyl (C=O) groups excluding carboxylic acids is 1. The van der Waals surface area contributed by atoms with E-state index in [1.54, 1.807) is 12.4 Å². The zero-order valence-corrected chi connectivity index (χ0v) is 14.3. The van der Waals surface area contributed by atoms with Gasteiger partial charge in [0.1, 0.15) is 5.82 Å². The van der Waals surface area contributed by atoms with Crippen molar-refractivity contribution in [3.8, 4) is 11.4 Å². The van der Waals surface area contributed by atoms with E-state index >= 15 is 0 Å². The number of nitrogens with zero attached hydrogens (tertiary/aromatic N) is 3. The minimum atomic E-state index is 0.112. The van der Waals surface area contributed by atoms with Crippen molar-refractivity contribution in [2.24, 2.45) is 0 Å². The van der Waals surface area contributed by atoms with Crippen molar-refractivity contribution >= 4 is 17.5 Å². The van der Waals surface area contributed by atoms with E-state index < -0.39 is 0 Å². The highest BCUT2D eigenvalue weighted by Crippen LogP contribution is 2.24. The monoisotopic (exact) mass is 352 g/mol. The second-order valence-corrected chi connectivity index (χ2v) is 6.56. The highest BCUT2D eigenvalue weighted by atomic mass is 35.5. The molecule has 0 spiro atoms. The van der Waals surface area contributed by atoms with Gasteiger partial charge in [0.25, 0.3) is 0 Å². The summed E-state index contributed by atoms with van der Waals surface area (Å²) < 4.78 is 0. The average Bonchev–Trinajstić information content (AvgIpc) is 3.06. The van der Waals surface area contributed by atoms with Crippen LogP contribution in [0.5, 0.6) is 0 Å². The Hall–Kier alpha value is -2.66. The molecule has 25 heavy (non-hydrogen) atoms. The van der Waals surface area contributed by atoms with Crippen LogP contribution in [0.3, 0.4) is 0 Å². The molecule has 2 aromatic heterocycles. The van der Waals surface area contributed by atoms with E-state index in [9.17, 15) is 4.79 Å². The first-order valence-electron chi connectivity index (χ1n) is 8.19. The Morgan fingerprint density at radius 3 is 2.84 bits per heavy atom. The molecule has 0 atom stereocenters. The first-order valence-corrected chi connectivity index (χ1v) is 8.57. The van der Waals surface area contributed by atoms with Gasteiger partial charge in [0, 0.05) is 35.9 Å². The Morgan fingerprint density at radius 2 is 2.08 bits per heavy atom. The van der Waals surface area contributed by atoms with Crippen molar-refractivity contribution in [3.05, 3.63) is 70.8 Å². The van der Waals surface area contributed by atoms with E-state index in [1.807, 2.05) is 41.3 Å². The quantitative estimate of drug-likeness (QED) is 0.787. The third-order valence-corrected chi connectivity index (χ3v) is 4.63. The largest absolute Gasteiger partial charge is 0.340 e. The Bertz CT molecular complexity index is 890. The molecular weight excluding hydrogens is 336 g/mol. The van der Waals surface area contributed by atoms with E-state index in [-0.39, 0.29) is 5.91 Å². The van der Waals surface area contributed by atoms with Gasteiger partial charge in [-0.2, -0.15) is 0 Å². The van der Waals surface area contributed by atoms with Crippen LogP contribution in [-0.2, 0) is 24.2 Å². The van der Waals surface area contributed by atoms with Crippen LogP contribution in [0.15, 0.2) is 48.8 Å². The van der Waals surface area contributed by atoms with Gasteiger partial charge in [-0.1, -0.05) is 17.7 Å². The lowest BCUT2D eigenvalue weighted by Gasteiger charge is -2.26. The maximum absolute atomic E-state index is 12.5. The average molecular weight is 353 g/mol. The van der Waals surface area contributed by atoms with Gasteiger partial charge in [-0.25, -0.2) is 4.98 Å². The number of aromatic nitrogens is 3. The molecule has 1 aromatic carbocycles. The van der Waals surface area contributed by atoms with E-state index in [1.165, 1.54) is 0 Å². The molecule has 3 aromatic rings. The van der Waals surface area contributed by atoms with Gasteiger partial charge in [-0.05, 0) is 35.9 Å². The molecule has 1 aliphatic heterocycles. The molecule has 0 bridgehead atoms. The first-order chi connectivity index (χ1) is 12.2. The zero-order valence-electron chi connectivity index (χ0n) is 13.6. The van der Waals surface area contributed by atoms with Gasteiger partial charge in [-0.15, -0.1) is 0 Å². The minimum Gasteiger partial charge on any atom is -0.340 e. The molecule has 0 aliphatic carbocycles. The van der Waals surface area contributed by atoms with Crippen LogP contribution < -0.4 is 0 Å². The fourth-order valence-corrected chi connectivity index (χ4v) is 3.17. The molecular formula is C19H17ClN4O. The SMILES string of the molecule is O=C(Cc1cccnc1)N1CCc2nc(-c3ccc(Cl)cc3)[nH]c2C1. The summed E-state index contributed by atoms with van der Waals surface area (Å²) in [5, 5.41) is 0.701. The summed E-state index contributed by atoms with van der Waals surface area (Å²) in [5.74, 6) is 0.935. The first kappa shape index (κ1) is 15.8. The van der Waals surface area contributed by atoms with Gasteiger partial charge < -0.3 is 9.88 Å². The predicted molar refractivity (Wildman–Crippen MR) is 96.1 cm³/mol. The fraction of sp³-hybridized carbons (Fsp3) is 0.211. The Balaban J connectivity index is 1.49. The van der Waals surface area contributed by atoms with Crippen LogP contribution in [0.25, 0.3) is 11.4 Å². The molecule has 6 heteroatoms. The summed E-state index contributed by atoms with van der Waals surface area (Å²) in [6, 6.07) is 11.4. The number of imidazole rings is 1. The lowest BCUT2D eigenvalue weighted by atomic mass is 10.1. The molecule has 0 saturated carbocycles. The second-order valence-electron chi connectivity index (χ2n) is 6.12. The lowest BCUT2D eigenvalue weighted by Crippen LogP contribution is -2.37. The predicted octanol–water partition coefficient (Wildman–Crippen LogP) is 3.25. The Kier molecular flexibility index (Phi) is 4.24. The van der Waals surface area contributed by atoms with Crippen LogP contribution in [0.4, 0.5) is 0 Å². The second kappa shape index (κ2) is 6.69. The molecule has 1 aliphatic rings. The Morgan fingerprint density at radius 1 is 1.24 bits per heavy atom. The number of hydrogen-bond donors (Lipinski definition) is 1. The summed E-state index contributed by atoms with van der Waals surface area (Å²) in [6.07, 6.45) is 4.59. The van der Waals surface area contributed by atoms with E-state index in [0.717, 1.165) is 34.8 Å². The zero-order chi connectivity index (χ0) is 17.2. The number of H-pyrrole nitrogens is 1. The van der Waals surface area contributed by atoms with Crippen molar-refractivity contribution < 1.29 is 4.79 Å². The van der Waals surface area contributed by atoms with Crippen LogP contribution in [0.1, 0.15) is 17.0 Å². The molecule has 0 saturated heterocycles. The van der Waals surface area contributed by atoms with Gasteiger partial charge in [-0.3, -0.25) is 9.78 Å². The number of carbonyl (C=O) groups is 1. The van der Waals surface area contributed by atoms with E-state index in [0.29, 0.717) is 24.5 Å². The highest BCUT2D eigenvalue weighted by Gasteiger charge is 2.24.